The number of nitrogens with one attached hydrogen (secondary N) is 1. The number of hydrogen-bond acceptors (Lipinski definition) is 3. The van der Waals surface area contributed by atoms with Gasteiger partial charge in [0.15, 0.2) is 0 Å². The van der Waals surface area contributed by atoms with E-state index in [1.54, 1.807) is 0 Å². The summed E-state index contributed by atoms with van der Waals surface area (Å²) in [5.41, 5.74) is -1.05. The van der Waals surface area contributed by atoms with Crippen LogP contribution in [0.15, 0.2) is 64.3 Å². The van der Waals surface area contributed by atoms with Gasteiger partial charge in [-0.25, -0.2) is 13.1 Å². The molecule has 5 nitrogen and oxygen atoms in total. The maximum absolute atomic E-state index is 13.3. The van der Waals surface area contributed by atoms with Crippen LogP contribution in [0, 0.1) is 0 Å². The molecule has 0 radical (unpaired) electrons. The number of benzene rings is 2. The zero-order valence-electron chi connectivity index (χ0n) is 14.8. The lowest BCUT2D eigenvalue weighted by Gasteiger charge is -2.14. The number of fused-ring (bicyclic) bond motifs is 1. The Hall–Kier alpha value is -2.65. The molecule has 0 unspecified atom stereocenters. The molecule has 0 fully saturated rings. The lowest BCUT2D eigenvalue weighted by atomic mass is 10.1. The molecule has 0 amide bonds. The highest BCUT2D eigenvalue weighted by atomic mass is 32.2. The van der Waals surface area contributed by atoms with Crippen LogP contribution in [0.5, 0.6) is 0 Å². The van der Waals surface area contributed by atoms with Gasteiger partial charge in [0.1, 0.15) is 0 Å². The summed E-state index contributed by atoms with van der Waals surface area (Å²) in [5.74, 6) is 0. The number of pyridine rings is 1. The molecule has 3 rings (SSSR count). The van der Waals surface area contributed by atoms with E-state index in [0.717, 1.165) is 16.2 Å². The maximum atomic E-state index is 13.3. The molecule has 28 heavy (non-hydrogen) atoms. The van der Waals surface area contributed by atoms with E-state index >= 15 is 0 Å². The van der Waals surface area contributed by atoms with E-state index in [0.29, 0.717) is 12.5 Å². The SMILES string of the molecule is Cn1c(=O)cc(C(F)(F)F)c2cc(S(=O)(=O)NCCc3ccccc3)ccc21. The van der Waals surface area contributed by atoms with Gasteiger partial charge in [0.25, 0.3) is 5.56 Å². The lowest BCUT2D eigenvalue weighted by molar-refractivity contribution is -0.136. The highest BCUT2D eigenvalue weighted by molar-refractivity contribution is 7.89. The van der Waals surface area contributed by atoms with Gasteiger partial charge in [-0.15, -0.1) is 0 Å². The summed E-state index contributed by atoms with van der Waals surface area (Å²) in [6.45, 7) is 0.101. The molecular formula is C19H17F3N2O3S. The monoisotopic (exact) mass is 410 g/mol. The molecule has 0 spiro atoms. The van der Waals surface area contributed by atoms with Crippen molar-refractivity contribution < 1.29 is 21.6 Å². The number of rotatable bonds is 5. The van der Waals surface area contributed by atoms with Crippen molar-refractivity contribution >= 4 is 20.9 Å². The van der Waals surface area contributed by atoms with Crippen molar-refractivity contribution in [2.24, 2.45) is 7.05 Å². The van der Waals surface area contributed by atoms with Gasteiger partial charge in [-0.1, -0.05) is 30.3 Å². The number of nitrogens with zero attached hydrogens (tertiary/aromatic N) is 1. The summed E-state index contributed by atoms with van der Waals surface area (Å²) in [7, 11) is -2.68. The Morgan fingerprint density at radius 1 is 1.04 bits per heavy atom. The smallest absolute Gasteiger partial charge is 0.311 e. The Morgan fingerprint density at radius 2 is 1.71 bits per heavy atom. The second kappa shape index (κ2) is 7.40. The summed E-state index contributed by atoms with van der Waals surface area (Å²) in [6, 6.07) is 13.0. The predicted octanol–water partition coefficient (Wildman–Crippen LogP) is 3.08. The summed E-state index contributed by atoms with van der Waals surface area (Å²) in [4.78, 5) is 11.5. The first kappa shape index (κ1) is 20.1. The predicted molar refractivity (Wildman–Crippen MR) is 99.5 cm³/mol. The van der Waals surface area contributed by atoms with Gasteiger partial charge in [0.2, 0.25) is 10.0 Å². The third-order valence-electron chi connectivity index (χ3n) is 4.38. The van der Waals surface area contributed by atoms with Gasteiger partial charge in [-0.2, -0.15) is 13.2 Å². The number of sulfonamides is 1. The minimum Gasteiger partial charge on any atom is -0.311 e. The molecule has 0 aliphatic carbocycles. The van der Waals surface area contributed by atoms with E-state index in [9.17, 15) is 26.4 Å². The van der Waals surface area contributed by atoms with Crippen LogP contribution in [0.1, 0.15) is 11.1 Å². The van der Waals surface area contributed by atoms with Gasteiger partial charge < -0.3 is 4.57 Å². The van der Waals surface area contributed by atoms with Gasteiger partial charge in [0.05, 0.1) is 16.0 Å². The molecule has 1 heterocycles. The molecule has 0 aliphatic rings. The van der Waals surface area contributed by atoms with Crippen LogP contribution in [0.4, 0.5) is 13.2 Å². The molecule has 148 valence electrons. The summed E-state index contributed by atoms with van der Waals surface area (Å²) in [5, 5.41) is -0.347. The van der Waals surface area contributed by atoms with Crippen molar-refractivity contribution in [1.29, 1.82) is 0 Å². The van der Waals surface area contributed by atoms with Crippen molar-refractivity contribution in [2.75, 3.05) is 6.54 Å². The Labute approximate surface area is 159 Å². The zero-order valence-corrected chi connectivity index (χ0v) is 15.6. The fourth-order valence-electron chi connectivity index (χ4n) is 2.90. The third kappa shape index (κ3) is 4.10. The Bertz CT molecular complexity index is 1170. The molecule has 0 aliphatic heterocycles. The largest absolute Gasteiger partial charge is 0.417 e. The first-order valence-electron chi connectivity index (χ1n) is 8.34. The topological polar surface area (TPSA) is 68.2 Å². The average molecular weight is 410 g/mol. The normalized spacial score (nSPS) is 12.4. The first-order valence-corrected chi connectivity index (χ1v) is 9.82. The van der Waals surface area contributed by atoms with E-state index in [1.807, 2.05) is 30.3 Å². The molecule has 0 saturated carbocycles. The van der Waals surface area contributed by atoms with Crippen LogP contribution >= 0.6 is 0 Å². The molecular weight excluding hydrogens is 393 g/mol. The maximum Gasteiger partial charge on any atom is 0.417 e. The zero-order chi connectivity index (χ0) is 20.5. The molecule has 9 heteroatoms. The van der Waals surface area contributed by atoms with Crippen LogP contribution in [-0.4, -0.2) is 19.5 Å². The van der Waals surface area contributed by atoms with E-state index < -0.39 is 27.3 Å². The van der Waals surface area contributed by atoms with Gasteiger partial charge in [0, 0.05) is 25.0 Å². The van der Waals surface area contributed by atoms with Crippen molar-refractivity contribution in [3.05, 3.63) is 76.1 Å². The van der Waals surface area contributed by atoms with Crippen molar-refractivity contribution in [3.63, 3.8) is 0 Å². The van der Waals surface area contributed by atoms with Crippen LogP contribution in [-0.2, 0) is 29.7 Å². The lowest BCUT2D eigenvalue weighted by Crippen LogP contribution is -2.26. The second-order valence-electron chi connectivity index (χ2n) is 6.27. The number of alkyl halides is 3. The molecule has 0 saturated heterocycles. The summed E-state index contributed by atoms with van der Waals surface area (Å²) < 4.78 is 68.5. The Balaban J connectivity index is 1.96. The minimum absolute atomic E-state index is 0.00283. The fourth-order valence-corrected chi connectivity index (χ4v) is 3.96. The van der Waals surface area contributed by atoms with Crippen LogP contribution in [0.3, 0.4) is 0 Å². The fraction of sp³-hybridized carbons (Fsp3) is 0.211. The van der Waals surface area contributed by atoms with Gasteiger partial charge >= 0.3 is 6.18 Å². The van der Waals surface area contributed by atoms with Crippen molar-refractivity contribution in [3.8, 4) is 0 Å². The number of aromatic nitrogens is 1. The minimum atomic E-state index is -4.78. The third-order valence-corrected chi connectivity index (χ3v) is 5.84. The van der Waals surface area contributed by atoms with Crippen LogP contribution in [0.2, 0.25) is 0 Å². The summed E-state index contributed by atoms with van der Waals surface area (Å²) in [6.07, 6.45) is -4.34. The molecule has 1 aromatic heterocycles. The van der Waals surface area contributed by atoms with Crippen molar-refractivity contribution in [1.82, 2.24) is 9.29 Å². The highest BCUT2D eigenvalue weighted by Crippen LogP contribution is 2.34. The highest BCUT2D eigenvalue weighted by Gasteiger charge is 2.34. The number of hydrogen-bond donors (Lipinski definition) is 1. The average Bonchev–Trinajstić information content (AvgIpc) is 2.64. The van der Waals surface area contributed by atoms with Gasteiger partial charge in [-0.3, -0.25) is 4.79 Å². The molecule has 2 aromatic carbocycles. The van der Waals surface area contributed by atoms with E-state index in [1.165, 1.54) is 19.2 Å². The van der Waals surface area contributed by atoms with E-state index in [4.69, 9.17) is 0 Å². The van der Waals surface area contributed by atoms with Crippen molar-refractivity contribution in [2.45, 2.75) is 17.5 Å². The Morgan fingerprint density at radius 3 is 2.36 bits per heavy atom. The van der Waals surface area contributed by atoms with E-state index in [-0.39, 0.29) is 22.3 Å². The molecule has 0 bridgehead atoms. The first-order chi connectivity index (χ1) is 13.1. The second-order valence-corrected chi connectivity index (χ2v) is 8.03. The molecule has 1 N–H and O–H groups in total. The molecule has 3 aromatic rings. The number of halogens is 3. The Kier molecular flexibility index (Phi) is 5.31. The summed E-state index contributed by atoms with van der Waals surface area (Å²) >= 11 is 0. The van der Waals surface area contributed by atoms with Gasteiger partial charge in [-0.05, 0) is 30.2 Å². The molecule has 0 atom stereocenters. The number of aryl methyl sites for hydroxylation is 1. The quantitative estimate of drug-likeness (QED) is 0.703. The van der Waals surface area contributed by atoms with E-state index in [2.05, 4.69) is 4.72 Å². The van der Waals surface area contributed by atoms with Crippen LogP contribution in [0.25, 0.3) is 10.9 Å². The standard InChI is InChI=1S/C19H17F3N2O3S/c1-24-17-8-7-14(11-15(17)16(12-18(24)25)19(20,21)22)28(26,27)23-10-9-13-5-3-2-4-6-13/h2-8,11-12,23H,9-10H2,1H3. The van der Waals surface area contributed by atoms with Crippen LogP contribution < -0.4 is 10.3 Å².